The Balaban J connectivity index is 2.10. The van der Waals surface area contributed by atoms with E-state index in [4.69, 9.17) is 4.52 Å². The maximum absolute atomic E-state index is 5.36. The van der Waals surface area contributed by atoms with E-state index in [1.54, 1.807) is 6.20 Å². The van der Waals surface area contributed by atoms with Gasteiger partial charge in [-0.15, -0.1) is 0 Å². The summed E-state index contributed by atoms with van der Waals surface area (Å²) in [6, 6.07) is 8.32. The summed E-state index contributed by atoms with van der Waals surface area (Å²) in [4.78, 5) is 0. The predicted octanol–water partition coefficient (Wildman–Crippen LogP) is 3.40. The topological polar surface area (TPSA) is 38.1 Å². The van der Waals surface area contributed by atoms with E-state index in [2.05, 4.69) is 55.5 Å². The number of aryl methyl sites for hydroxylation is 1. The van der Waals surface area contributed by atoms with Gasteiger partial charge in [-0.2, -0.15) is 0 Å². The van der Waals surface area contributed by atoms with Crippen LogP contribution < -0.4 is 5.32 Å². The highest BCUT2D eigenvalue weighted by molar-refractivity contribution is 5.60. The van der Waals surface area contributed by atoms with Crippen molar-refractivity contribution in [3.8, 4) is 11.3 Å². The standard InChI is InChI=1S/C15H20N2O/c1-11(2)8-16-9-14-10-17-18-15(14)13-6-4-12(3)5-7-13/h4-7,10-11,16H,8-9H2,1-3H3. The molecule has 1 aromatic carbocycles. The second-order valence-corrected chi connectivity index (χ2v) is 5.07. The first-order chi connectivity index (χ1) is 8.66. The van der Waals surface area contributed by atoms with E-state index >= 15 is 0 Å². The molecule has 0 saturated heterocycles. The maximum atomic E-state index is 5.36. The fraction of sp³-hybridized carbons (Fsp3) is 0.400. The van der Waals surface area contributed by atoms with Gasteiger partial charge in [0.05, 0.1) is 6.20 Å². The van der Waals surface area contributed by atoms with Gasteiger partial charge < -0.3 is 9.84 Å². The van der Waals surface area contributed by atoms with E-state index in [-0.39, 0.29) is 0 Å². The highest BCUT2D eigenvalue weighted by atomic mass is 16.5. The first kappa shape index (κ1) is 12.8. The van der Waals surface area contributed by atoms with Crippen LogP contribution in [0.5, 0.6) is 0 Å². The molecule has 0 radical (unpaired) electrons. The molecule has 1 N–H and O–H groups in total. The lowest BCUT2D eigenvalue weighted by Crippen LogP contribution is -2.18. The zero-order valence-electron chi connectivity index (χ0n) is 11.2. The fourth-order valence-electron chi connectivity index (χ4n) is 1.82. The van der Waals surface area contributed by atoms with Crippen LogP contribution in [-0.4, -0.2) is 11.7 Å². The summed E-state index contributed by atoms with van der Waals surface area (Å²) in [7, 11) is 0. The number of hydrogen-bond acceptors (Lipinski definition) is 3. The fourth-order valence-corrected chi connectivity index (χ4v) is 1.82. The smallest absolute Gasteiger partial charge is 0.171 e. The largest absolute Gasteiger partial charge is 0.356 e. The summed E-state index contributed by atoms with van der Waals surface area (Å²) in [5, 5.41) is 7.31. The van der Waals surface area contributed by atoms with Crippen molar-refractivity contribution in [3.63, 3.8) is 0 Å². The van der Waals surface area contributed by atoms with Gasteiger partial charge in [0.2, 0.25) is 0 Å². The summed E-state index contributed by atoms with van der Waals surface area (Å²) in [5.41, 5.74) is 3.44. The van der Waals surface area contributed by atoms with E-state index in [0.717, 1.165) is 30.0 Å². The molecule has 0 fully saturated rings. The number of aromatic nitrogens is 1. The molecule has 1 heterocycles. The Hall–Kier alpha value is -1.61. The summed E-state index contributed by atoms with van der Waals surface area (Å²) >= 11 is 0. The lowest BCUT2D eigenvalue weighted by atomic mass is 10.1. The Kier molecular flexibility index (Phi) is 4.15. The van der Waals surface area contributed by atoms with Gasteiger partial charge in [0, 0.05) is 17.7 Å². The molecule has 0 atom stereocenters. The lowest BCUT2D eigenvalue weighted by molar-refractivity contribution is 0.431. The lowest BCUT2D eigenvalue weighted by Gasteiger charge is -2.06. The van der Waals surface area contributed by atoms with Gasteiger partial charge in [-0.1, -0.05) is 48.8 Å². The van der Waals surface area contributed by atoms with Crippen molar-refractivity contribution in [3.05, 3.63) is 41.6 Å². The molecule has 96 valence electrons. The Morgan fingerprint density at radius 3 is 2.61 bits per heavy atom. The average molecular weight is 244 g/mol. The normalized spacial score (nSPS) is 11.1. The number of benzene rings is 1. The quantitative estimate of drug-likeness (QED) is 0.876. The molecule has 0 spiro atoms. The minimum Gasteiger partial charge on any atom is -0.356 e. The zero-order chi connectivity index (χ0) is 13.0. The number of hydrogen-bond donors (Lipinski definition) is 1. The van der Waals surface area contributed by atoms with E-state index in [1.807, 2.05) is 0 Å². The number of nitrogens with one attached hydrogen (secondary N) is 1. The summed E-state index contributed by atoms with van der Waals surface area (Å²) in [6.45, 7) is 8.27. The third-order valence-corrected chi connectivity index (χ3v) is 2.83. The predicted molar refractivity (Wildman–Crippen MR) is 73.2 cm³/mol. The molecule has 2 rings (SSSR count). The van der Waals surface area contributed by atoms with E-state index < -0.39 is 0 Å². The summed E-state index contributed by atoms with van der Waals surface area (Å²) in [5.74, 6) is 1.51. The van der Waals surface area contributed by atoms with Gasteiger partial charge in [0.1, 0.15) is 0 Å². The summed E-state index contributed by atoms with van der Waals surface area (Å²) < 4.78 is 5.36. The van der Waals surface area contributed by atoms with Crippen LogP contribution in [0.1, 0.15) is 25.0 Å². The minimum atomic E-state index is 0.646. The van der Waals surface area contributed by atoms with Crippen molar-refractivity contribution in [2.24, 2.45) is 5.92 Å². The van der Waals surface area contributed by atoms with Crippen LogP contribution in [-0.2, 0) is 6.54 Å². The van der Waals surface area contributed by atoms with E-state index in [0.29, 0.717) is 5.92 Å². The van der Waals surface area contributed by atoms with E-state index in [1.165, 1.54) is 5.56 Å². The van der Waals surface area contributed by atoms with Gasteiger partial charge >= 0.3 is 0 Å². The zero-order valence-corrected chi connectivity index (χ0v) is 11.2. The van der Waals surface area contributed by atoms with Crippen LogP contribution in [0.25, 0.3) is 11.3 Å². The van der Waals surface area contributed by atoms with Crippen LogP contribution >= 0.6 is 0 Å². The van der Waals surface area contributed by atoms with Crippen molar-refractivity contribution < 1.29 is 4.52 Å². The van der Waals surface area contributed by atoms with Gasteiger partial charge in [-0.25, -0.2) is 0 Å². The van der Waals surface area contributed by atoms with Crippen molar-refractivity contribution in [1.82, 2.24) is 10.5 Å². The summed E-state index contributed by atoms with van der Waals surface area (Å²) in [6.07, 6.45) is 1.79. The van der Waals surface area contributed by atoms with Crippen LogP contribution in [0.3, 0.4) is 0 Å². The third kappa shape index (κ3) is 3.20. The molecule has 18 heavy (non-hydrogen) atoms. The van der Waals surface area contributed by atoms with Gasteiger partial charge in [0.15, 0.2) is 5.76 Å². The van der Waals surface area contributed by atoms with Crippen LogP contribution in [0.4, 0.5) is 0 Å². The molecule has 0 unspecified atom stereocenters. The monoisotopic (exact) mass is 244 g/mol. The SMILES string of the molecule is Cc1ccc(-c2oncc2CNCC(C)C)cc1. The highest BCUT2D eigenvalue weighted by Gasteiger charge is 2.10. The van der Waals surface area contributed by atoms with Gasteiger partial charge in [-0.3, -0.25) is 0 Å². The molecular weight excluding hydrogens is 224 g/mol. The first-order valence-electron chi connectivity index (χ1n) is 6.38. The maximum Gasteiger partial charge on any atom is 0.171 e. The molecule has 0 bridgehead atoms. The van der Waals surface area contributed by atoms with Crippen molar-refractivity contribution >= 4 is 0 Å². The minimum absolute atomic E-state index is 0.646. The Bertz CT molecular complexity index is 485. The van der Waals surface area contributed by atoms with E-state index in [9.17, 15) is 0 Å². The molecule has 1 aromatic heterocycles. The second-order valence-electron chi connectivity index (χ2n) is 5.07. The van der Waals surface area contributed by atoms with Crippen molar-refractivity contribution in [2.75, 3.05) is 6.54 Å². The molecule has 3 nitrogen and oxygen atoms in total. The van der Waals surface area contributed by atoms with Crippen molar-refractivity contribution in [2.45, 2.75) is 27.3 Å². The van der Waals surface area contributed by atoms with Gasteiger partial charge in [-0.05, 0) is 19.4 Å². The third-order valence-electron chi connectivity index (χ3n) is 2.83. The Morgan fingerprint density at radius 1 is 1.22 bits per heavy atom. The molecule has 0 saturated carbocycles. The number of nitrogens with zero attached hydrogens (tertiary/aromatic N) is 1. The Labute approximate surface area is 108 Å². The molecule has 0 aliphatic rings. The highest BCUT2D eigenvalue weighted by Crippen LogP contribution is 2.23. The Morgan fingerprint density at radius 2 is 1.94 bits per heavy atom. The van der Waals surface area contributed by atoms with Crippen LogP contribution in [0, 0.1) is 12.8 Å². The first-order valence-corrected chi connectivity index (χ1v) is 6.38. The molecular formula is C15H20N2O. The molecule has 0 aliphatic carbocycles. The molecule has 0 aliphatic heterocycles. The van der Waals surface area contributed by atoms with Gasteiger partial charge in [0.25, 0.3) is 0 Å². The van der Waals surface area contributed by atoms with Crippen LogP contribution in [0.15, 0.2) is 35.0 Å². The molecule has 3 heteroatoms. The average Bonchev–Trinajstić information content (AvgIpc) is 2.78. The van der Waals surface area contributed by atoms with Crippen molar-refractivity contribution in [1.29, 1.82) is 0 Å². The molecule has 2 aromatic rings. The van der Waals surface area contributed by atoms with Crippen LogP contribution in [0.2, 0.25) is 0 Å². The molecule has 0 amide bonds. The second kappa shape index (κ2) is 5.83. The number of rotatable bonds is 5.